The fourth-order valence-electron chi connectivity index (χ4n) is 1.24. The number of pyridine rings is 1. The average molecular weight is 254 g/mol. The molecule has 88 valence electrons. The first-order valence-electron chi connectivity index (χ1n) is 4.21. The first kappa shape index (κ1) is 12.8. The van der Waals surface area contributed by atoms with Crippen molar-refractivity contribution in [2.75, 3.05) is 0 Å². The van der Waals surface area contributed by atoms with Gasteiger partial charge in [0.25, 0.3) is 0 Å². The molecule has 0 radical (unpaired) electrons. The van der Waals surface area contributed by atoms with Crippen molar-refractivity contribution in [3.05, 3.63) is 29.0 Å². The van der Waals surface area contributed by atoms with Crippen LogP contribution >= 0.6 is 11.6 Å². The third-order valence-electron chi connectivity index (χ3n) is 1.94. The maximum Gasteiger partial charge on any atom is 0.396 e. The number of carboxylic acids is 1. The molecule has 0 saturated heterocycles. The van der Waals surface area contributed by atoms with Crippen LogP contribution in [0.1, 0.15) is 17.9 Å². The van der Waals surface area contributed by atoms with Gasteiger partial charge in [0.2, 0.25) is 0 Å². The molecule has 1 heterocycles. The lowest BCUT2D eigenvalue weighted by molar-refractivity contribution is -0.163. The Morgan fingerprint density at radius 1 is 1.56 bits per heavy atom. The van der Waals surface area contributed by atoms with Gasteiger partial charge in [-0.3, -0.25) is 4.79 Å². The number of aromatic nitrogens is 1. The van der Waals surface area contributed by atoms with Gasteiger partial charge < -0.3 is 5.11 Å². The Balaban J connectivity index is 3.12. The highest BCUT2D eigenvalue weighted by atomic mass is 35.5. The number of aliphatic carboxylic acids is 1. The van der Waals surface area contributed by atoms with Crippen LogP contribution in [0.5, 0.6) is 0 Å². The van der Waals surface area contributed by atoms with Gasteiger partial charge in [0, 0.05) is 11.8 Å². The molecule has 0 bridgehead atoms. The van der Waals surface area contributed by atoms with E-state index >= 15 is 0 Å². The number of halogens is 4. The fourth-order valence-corrected chi connectivity index (χ4v) is 1.49. The lowest BCUT2D eigenvalue weighted by Gasteiger charge is -2.19. The summed E-state index contributed by atoms with van der Waals surface area (Å²) in [6.45, 7) is 0. The van der Waals surface area contributed by atoms with Gasteiger partial charge in [-0.1, -0.05) is 17.7 Å². The molecule has 1 rings (SSSR count). The number of nitrogens with zero attached hydrogens (tertiary/aromatic N) is 1. The zero-order valence-electron chi connectivity index (χ0n) is 7.83. The van der Waals surface area contributed by atoms with Gasteiger partial charge in [-0.2, -0.15) is 13.2 Å². The number of hydrogen-bond acceptors (Lipinski definition) is 2. The van der Waals surface area contributed by atoms with E-state index < -0.39 is 24.5 Å². The molecule has 0 aromatic carbocycles. The third-order valence-corrected chi connectivity index (χ3v) is 2.25. The molecule has 1 N–H and O–H groups in total. The van der Waals surface area contributed by atoms with Crippen LogP contribution in [0.3, 0.4) is 0 Å². The van der Waals surface area contributed by atoms with Gasteiger partial charge in [-0.25, -0.2) is 4.98 Å². The minimum absolute atomic E-state index is 0.320. The van der Waals surface area contributed by atoms with Gasteiger partial charge in [0.05, 0.1) is 12.3 Å². The maximum atomic E-state index is 12.6. The summed E-state index contributed by atoms with van der Waals surface area (Å²) in [5.41, 5.74) is -0.320. The second-order valence-electron chi connectivity index (χ2n) is 3.08. The van der Waals surface area contributed by atoms with Gasteiger partial charge in [0.1, 0.15) is 5.15 Å². The lowest BCUT2D eigenvalue weighted by atomic mass is 9.97. The summed E-state index contributed by atoms with van der Waals surface area (Å²) in [6.07, 6.45) is -4.49. The van der Waals surface area contributed by atoms with E-state index in [0.717, 1.165) is 6.07 Å². The summed E-state index contributed by atoms with van der Waals surface area (Å²) in [6, 6.07) is 2.40. The van der Waals surface area contributed by atoms with Crippen LogP contribution < -0.4 is 0 Å². The highest BCUT2D eigenvalue weighted by Crippen LogP contribution is 2.39. The van der Waals surface area contributed by atoms with Crippen LogP contribution in [0.2, 0.25) is 5.15 Å². The molecule has 1 aromatic rings. The quantitative estimate of drug-likeness (QED) is 0.843. The first-order valence-corrected chi connectivity index (χ1v) is 4.59. The van der Waals surface area contributed by atoms with E-state index in [4.69, 9.17) is 16.7 Å². The zero-order valence-corrected chi connectivity index (χ0v) is 8.59. The first-order chi connectivity index (χ1) is 7.32. The van der Waals surface area contributed by atoms with E-state index in [2.05, 4.69) is 4.98 Å². The SMILES string of the molecule is O=C(O)CC(c1cccnc1Cl)C(F)(F)F. The predicted molar refractivity (Wildman–Crippen MR) is 50.3 cm³/mol. The fraction of sp³-hybridized carbons (Fsp3) is 0.333. The van der Waals surface area contributed by atoms with E-state index in [-0.39, 0.29) is 10.7 Å². The minimum atomic E-state index is -4.66. The lowest BCUT2D eigenvalue weighted by Crippen LogP contribution is -2.24. The maximum absolute atomic E-state index is 12.6. The van der Waals surface area contributed by atoms with E-state index in [1.807, 2.05) is 0 Å². The van der Waals surface area contributed by atoms with Crippen LogP contribution in [-0.4, -0.2) is 22.2 Å². The smallest absolute Gasteiger partial charge is 0.396 e. The normalized spacial score (nSPS) is 13.5. The molecule has 3 nitrogen and oxygen atoms in total. The molecular weight excluding hydrogens is 247 g/mol. The largest absolute Gasteiger partial charge is 0.481 e. The van der Waals surface area contributed by atoms with Crippen molar-refractivity contribution in [1.29, 1.82) is 0 Å². The van der Waals surface area contributed by atoms with Crippen LogP contribution in [0.25, 0.3) is 0 Å². The highest BCUT2D eigenvalue weighted by molar-refractivity contribution is 6.30. The summed E-state index contributed by atoms with van der Waals surface area (Å²) in [5.74, 6) is -3.67. The van der Waals surface area contributed by atoms with E-state index in [1.165, 1.54) is 12.3 Å². The number of carboxylic acid groups (broad SMARTS) is 1. The van der Waals surface area contributed by atoms with E-state index in [0.29, 0.717) is 0 Å². The van der Waals surface area contributed by atoms with Crippen LogP contribution in [0.15, 0.2) is 18.3 Å². The summed E-state index contributed by atoms with van der Waals surface area (Å²) in [7, 11) is 0. The number of hydrogen-bond donors (Lipinski definition) is 1. The molecule has 1 aromatic heterocycles. The molecule has 0 aliphatic heterocycles. The van der Waals surface area contributed by atoms with E-state index in [1.54, 1.807) is 0 Å². The second-order valence-corrected chi connectivity index (χ2v) is 3.43. The standard InChI is InChI=1S/C9H7ClF3NO2/c10-8-5(2-1-3-14-8)6(4-7(15)16)9(11,12)13/h1-3,6H,4H2,(H,15,16). The van der Waals surface area contributed by atoms with Crippen molar-refractivity contribution in [2.45, 2.75) is 18.5 Å². The molecule has 1 unspecified atom stereocenters. The Labute approximate surface area is 93.9 Å². The Bertz CT molecular complexity index is 395. The van der Waals surface area contributed by atoms with Crippen molar-refractivity contribution in [3.8, 4) is 0 Å². The third kappa shape index (κ3) is 3.10. The average Bonchev–Trinajstić information content (AvgIpc) is 2.13. The molecule has 0 fully saturated rings. The van der Waals surface area contributed by atoms with Gasteiger partial charge in [0.15, 0.2) is 0 Å². The Kier molecular flexibility index (Phi) is 3.74. The molecule has 16 heavy (non-hydrogen) atoms. The Hall–Kier alpha value is -1.30. The molecule has 0 spiro atoms. The van der Waals surface area contributed by atoms with Gasteiger partial charge in [-0.15, -0.1) is 0 Å². The van der Waals surface area contributed by atoms with Gasteiger partial charge in [-0.05, 0) is 6.07 Å². The Morgan fingerprint density at radius 3 is 2.62 bits per heavy atom. The van der Waals surface area contributed by atoms with Crippen LogP contribution in [0.4, 0.5) is 13.2 Å². The van der Waals surface area contributed by atoms with Crippen molar-refractivity contribution in [1.82, 2.24) is 4.98 Å². The van der Waals surface area contributed by atoms with Crippen LogP contribution in [0, 0.1) is 0 Å². The zero-order chi connectivity index (χ0) is 12.3. The van der Waals surface area contributed by atoms with Crippen molar-refractivity contribution in [3.63, 3.8) is 0 Å². The molecule has 0 saturated carbocycles. The molecule has 7 heteroatoms. The number of rotatable bonds is 3. The predicted octanol–water partition coefficient (Wildman–Crippen LogP) is 2.86. The number of carbonyl (C=O) groups is 1. The summed E-state index contributed by atoms with van der Waals surface area (Å²) in [5, 5.41) is 8.11. The monoisotopic (exact) mass is 253 g/mol. The van der Waals surface area contributed by atoms with Crippen molar-refractivity contribution in [2.24, 2.45) is 0 Å². The van der Waals surface area contributed by atoms with Crippen molar-refractivity contribution >= 4 is 17.6 Å². The van der Waals surface area contributed by atoms with Crippen LogP contribution in [-0.2, 0) is 4.79 Å². The van der Waals surface area contributed by atoms with Crippen molar-refractivity contribution < 1.29 is 23.1 Å². The molecule has 1 atom stereocenters. The Morgan fingerprint density at radius 2 is 2.19 bits per heavy atom. The summed E-state index contributed by atoms with van der Waals surface area (Å²) >= 11 is 5.50. The van der Waals surface area contributed by atoms with Gasteiger partial charge >= 0.3 is 12.1 Å². The highest BCUT2D eigenvalue weighted by Gasteiger charge is 2.43. The summed E-state index contributed by atoms with van der Waals surface area (Å²) < 4.78 is 37.8. The molecular formula is C9H7ClF3NO2. The summed E-state index contributed by atoms with van der Waals surface area (Å²) in [4.78, 5) is 13.9. The number of alkyl halides is 3. The van der Waals surface area contributed by atoms with E-state index in [9.17, 15) is 18.0 Å². The molecule has 0 amide bonds. The second kappa shape index (κ2) is 4.69. The molecule has 0 aliphatic rings. The minimum Gasteiger partial charge on any atom is -0.481 e. The molecule has 0 aliphatic carbocycles. The topological polar surface area (TPSA) is 50.2 Å².